The van der Waals surface area contributed by atoms with Crippen LogP contribution in [0.3, 0.4) is 0 Å². The lowest BCUT2D eigenvalue weighted by Gasteiger charge is -2.17. The number of benzene rings is 1. The molecule has 0 amide bonds. The molecule has 0 atom stereocenters. The van der Waals surface area contributed by atoms with Gasteiger partial charge in [-0.05, 0) is 32.9 Å². The number of aryl methyl sites for hydroxylation is 1. The Morgan fingerprint density at radius 1 is 1.24 bits per heavy atom. The van der Waals surface area contributed by atoms with Gasteiger partial charge in [-0.1, -0.05) is 22.9 Å². The van der Waals surface area contributed by atoms with Gasteiger partial charge in [0.15, 0.2) is 0 Å². The summed E-state index contributed by atoms with van der Waals surface area (Å²) in [6.45, 7) is 5.60. The van der Waals surface area contributed by atoms with Gasteiger partial charge in [-0.2, -0.15) is 0 Å². The SMILES string of the molecule is Cc1ccc(-n2nncc2CC(C)(C)O)cc1. The van der Waals surface area contributed by atoms with Crippen LogP contribution in [-0.2, 0) is 6.42 Å². The van der Waals surface area contributed by atoms with Crippen LogP contribution in [0.1, 0.15) is 25.1 Å². The van der Waals surface area contributed by atoms with Crippen molar-refractivity contribution in [2.24, 2.45) is 0 Å². The second-order valence-corrected chi connectivity index (χ2v) is 4.96. The average molecular weight is 231 g/mol. The third-order valence-electron chi connectivity index (χ3n) is 2.51. The number of aromatic nitrogens is 3. The number of hydrogen-bond acceptors (Lipinski definition) is 3. The maximum Gasteiger partial charge on any atom is 0.0730 e. The molecule has 0 spiro atoms. The van der Waals surface area contributed by atoms with Gasteiger partial charge < -0.3 is 5.11 Å². The Labute approximate surface area is 101 Å². The Kier molecular flexibility index (Phi) is 2.98. The van der Waals surface area contributed by atoms with E-state index in [-0.39, 0.29) is 0 Å². The summed E-state index contributed by atoms with van der Waals surface area (Å²) in [7, 11) is 0. The van der Waals surface area contributed by atoms with Crippen LogP contribution in [-0.4, -0.2) is 25.7 Å². The van der Waals surface area contributed by atoms with Gasteiger partial charge in [-0.15, -0.1) is 5.10 Å². The molecule has 0 fully saturated rings. The zero-order valence-electron chi connectivity index (χ0n) is 10.4. The van der Waals surface area contributed by atoms with Crippen molar-refractivity contribution < 1.29 is 5.11 Å². The van der Waals surface area contributed by atoms with Crippen molar-refractivity contribution in [2.75, 3.05) is 0 Å². The van der Waals surface area contributed by atoms with Gasteiger partial charge >= 0.3 is 0 Å². The molecular formula is C13H17N3O. The highest BCUT2D eigenvalue weighted by Gasteiger charge is 2.17. The van der Waals surface area contributed by atoms with Crippen LogP contribution in [0.15, 0.2) is 30.5 Å². The predicted octanol–water partition coefficient (Wildman–Crippen LogP) is 1.89. The van der Waals surface area contributed by atoms with Crippen LogP contribution < -0.4 is 0 Å². The smallest absolute Gasteiger partial charge is 0.0730 e. The summed E-state index contributed by atoms with van der Waals surface area (Å²) in [5, 5.41) is 17.8. The summed E-state index contributed by atoms with van der Waals surface area (Å²) in [5.41, 5.74) is 2.32. The van der Waals surface area contributed by atoms with Crippen LogP contribution in [0.2, 0.25) is 0 Å². The van der Waals surface area contributed by atoms with Gasteiger partial charge in [0, 0.05) is 6.42 Å². The maximum absolute atomic E-state index is 9.84. The Bertz CT molecular complexity index is 494. The molecule has 1 heterocycles. The minimum Gasteiger partial charge on any atom is -0.390 e. The molecule has 0 aliphatic carbocycles. The summed E-state index contributed by atoms with van der Waals surface area (Å²) in [6.07, 6.45) is 2.21. The Morgan fingerprint density at radius 3 is 2.47 bits per heavy atom. The van der Waals surface area contributed by atoms with Gasteiger partial charge in [0.05, 0.1) is 23.2 Å². The molecule has 90 valence electrons. The fourth-order valence-electron chi connectivity index (χ4n) is 1.72. The largest absolute Gasteiger partial charge is 0.390 e. The number of hydrogen-bond donors (Lipinski definition) is 1. The summed E-state index contributed by atoms with van der Waals surface area (Å²) in [5.74, 6) is 0. The first-order chi connectivity index (χ1) is 7.96. The van der Waals surface area contributed by atoms with E-state index in [0.29, 0.717) is 6.42 Å². The number of aliphatic hydroxyl groups is 1. The summed E-state index contributed by atoms with van der Waals surface area (Å²) in [4.78, 5) is 0. The quantitative estimate of drug-likeness (QED) is 0.877. The summed E-state index contributed by atoms with van der Waals surface area (Å²) >= 11 is 0. The van der Waals surface area contributed by atoms with Crippen molar-refractivity contribution in [1.82, 2.24) is 15.0 Å². The lowest BCUT2D eigenvalue weighted by Crippen LogP contribution is -2.23. The minimum absolute atomic E-state index is 0.522. The summed E-state index contributed by atoms with van der Waals surface area (Å²) < 4.78 is 1.76. The molecule has 1 aromatic carbocycles. The highest BCUT2D eigenvalue weighted by molar-refractivity contribution is 5.34. The molecule has 0 radical (unpaired) electrons. The highest BCUT2D eigenvalue weighted by atomic mass is 16.3. The molecule has 0 aliphatic rings. The van der Waals surface area contributed by atoms with E-state index in [1.54, 1.807) is 24.7 Å². The molecular weight excluding hydrogens is 214 g/mol. The van der Waals surface area contributed by atoms with Crippen LogP contribution >= 0.6 is 0 Å². The molecule has 4 heteroatoms. The average Bonchev–Trinajstić information content (AvgIpc) is 2.64. The molecule has 1 aromatic heterocycles. The van der Waals surface area contributed by atoms with E-state index in [1.165, 1.54) is 5.56 Å². The first-order valence-electron chi connectivity index (χ1n) is 5.65. The lowest BCUT2D eigenvalue weighted by atomic mass is 10.0. The fourth-order valence-corrected chi connectivity index (χ4v) is 1.72. The van der Waals surface area contributed by atoms with E-state index in [1.807, 2.05) is 31.2 Å². The van der Waals surface area contributed by atoms with Crippen molar-refractivity contribution in [1.29, 1.82) is 0 Å². The lowest BCUT2D eigenvalue weighted by molar-refractivity contribution is 0.0793. The maximum atomic E-state index is 9.84. The van der Waals surface area contributed by atoms with Crippen LogP contribution in [0, 0.1) is 6.92 Å². The number of rotatable bonds is 3. The Balaban J connectivity index is 2.33. The van der Waals surface area contributed by atoms with Crippen LogP contribution in [0.4, 0.5) is 0 Å². The van der Waals surface area contributed by atoms with E-state index in [9.17, 15) is 5.11 Å². The Hall–Kier alpha value is -1.68. The minimum atomic E-state index is -0.760. The zero-order chi connectivity index (χ0) is 12.5. The molecule has 0 bridgehead atoms. The molecule has 2 rings (SSSR count). The van der Waals surface area contributed by atoms with Crippen LogP contribution in [0.25, 0.3) is 5.69 Å². The third-order valence-corrected chi connectivity index (χ3v) is 2.51. The molecule has 1 N–H and O–H groups in total. The molecule has 2 aromatic rings. The topological polar surface area (TPSA) is 50.9 Å². The van der Waals surface area contributed by atoms with Crippen molar-refractivity contribution in [3.63, 3.8) is 0 Å². The van der Waals surface area contributed by atoms with Gasteiger partial charge in [-0.25, -0.2) is 4.68 Å². The standard InChI is InChI=1S/C13H17N3O/c1-10-4-6-11(7-5-10)16-12(9-14-15-16)8-13(2,3)17/h4-7,9,17H,8H2,1-3H3. The molecule has 0 unspecified atom stereocenters. The second kappa shape index (κ2) is 4.30. The molecule has 0 saturated carbocycles. The number of nitrogens with zero attached hydrogens (tertiary/aromatic N) is 3. The van der Waals surface area contributed by atoms with E-state index in [2.05, 4.69) is 10.3 Å². The second-order valence-electron chi connectivity index (χ2n) is 4.96. The van der Waals surface area contributed by atoms with Gasteiger partial charge in [-0.3, -0.25) is 0 Å². The Morgan fingerprint density at radius 2 is 1.88 bits per heavy atom. The van der Waals surface area contributed by atoms with E-state index in [0.717, 1.165) is 11.4 Å². The van der Waals surface area contributed by atoms with Crippen molar-refractivity contribution in [2.45, 2.75) is 32.8 Å². The third kappa shape index (κ3) is 2.91. The summed E-state index contributed by atoms with van der Waals surface area (Å²) in [6, 6.07) is 8.06. The van der Waals surface area contributed by atoms with Crippen molar-refractivity contribution in [3.05, 3.63) is 41.7 Å². The van der Waals surface area contributed by atoms with E-state index >= 15 is 0 Å². The molecule has 0 aliphatic heterocycles. The van der Waals surface area contributed by atoms with E-state index < -0.39 is 5.60 Å². The highest BCUT2D eigenvalue weighted by Crippen LogP contribution is 2.15. The normalized spacial score (nSPS) is 11.8. The molecule has 4 nitrogen and oxygen atoms in total. The predicted molar refractivity (Wildman–Crippen MR) is 66.1 cm³/mol. The van der Waals surface area contributed by atoms with Crippen molar-refractivity contribution >= 4 is 0 Å². The van der Waals surface area contributed by atoms with Gasteiger partial charge in [0.25, 0.3) is 0 Å². The first kappa shape index (κ1) is 11.8. The van der Waals surface area contributed by atoms with Gasteiger partial charge in [0.1, 0.15) is 0 Å². The molecule has 0 saturated heterocycles. The van der Waals surface area contributed by atoms with Crippen molar-refractivity contribution in [3.8, 4) is 5.69 Å². The van der Waals surface area contributed by atoms with Crippen LogP contribution in [0.5, 0.6) is 0 Å². The first-order valence-corrected chi connectivity index (χ1v) is 5.65. The monoisotopic (exact) mass is 231 g/mol. The molecule has 17 heavy (non-hydrogen) atoms. The van der Waals surface area contributed by atoms with Gasteiger partial charge in [0.2, 0.25) is 0 Å². The fraction of sp³-hybridized carbons (Fsp3) is 0.385. The zero-order valence-corrected chi connectivity index (χ0v) is 10.4. The van der Waals surface area contributed by atoms with E-state index in [4.69, 9.17) is 0 Å².